The van der Waals surface area contributed by atoms with Crippen LogP contribution in [0.3, 0.4) is 0 Å². The Bertz CT molecular complexity index is 491. The van der Waals surface area contributed by atoms with Crippen molar-refractivity contribution in [1.82, 2.24) is 15.5 Å². The van der Waals surface area contributed by atoms with Gasteiger partial charge in [0.05, 0.1) is 5.69 Å². The van der Waals surface area contributed by atoms with Gasteiger partial charge >= 0.3 is 0 Å². The number of H-pyrrole nitrogens is 1. The number of nitrogens with one attached hydrogen (secondary N) is 2. The van der Waals surface area contributed by atoms with Crippen molar-refractivity contribution in [1.29, 1.82) is 0 Å². The van der Waals surface area contributed by atoms with E-state index in [0.29, 0.717) is 12.1 Å². The van der Waals surface area contributed by atoms with Crippen LogP contribution >= 0.6 is 0 Å². The summed E-state index contributed by atoms with van der Waals surface area (Å²) < 4.78 is 13.7. The summed E-state index contributed by atoms with van der Waals surface area (Å²) in [5, 5.41) is 10.1. The highest BCUT2D eigenvalue weighted by molar-refractivity contribution is 5.68. The van der Waals surface area contributed by atoms with Gasteiger partial charge in [-0.15, -0.1) is 0 Å². The molecule has 16 heavy (non-hydrogen) atoms. The summed E-state index contributed by atoms with van der Waals surface area (Å²) in [5.41, 5.74) is 3.17. The molecule has 2 N–H and O–H groups in total. The highest BCUT2D eigenvalue weighted by atomic mass is 19.1. The first-order chi connectivity index (χ1) is 7.74. The van der Waals surface area contributed by atoms with Crippen LogP contribution in [0, 0.1) is 12.7 Å². The molecule has 4 heteroatoms. The first-order valence-corrected chi connectivity index (χ1v) is 5.17. The summed E-state index contributed by atoms with van der Waals surface area (Å²) in [4.78, 5) is 0. The minimum Gasteiger partial charge on any atom is -0.314 e. The lowest BCUT2D eigenvalue weighted by Crippen LogP contribution is -2.06. The molecule has 0 spiro atoms. The molecule has 0 fully saturated rings. The zero-order valence-corrected chi connectivity index (χ0v) is 9.34. The first kappa shape index (κ1) is 10.8. The molecule has 0 amide bonds. The van der Waals surface area contributed by atoms with Crippen LogP contribution in [0.15, 0.2) is 24.3 Å². The summed E-state index contributed by atoms with van der Waals surface area (Å²) in [6.07, 6.45) is 0. The topological polar surface area (TPSA) is 40.7 Å². The molecule has 2 rings (SSSR count). The van der Waals surface area contributed by atoms with Gasteiger partial charge in [0.15, 0.2) is 0 Å². The predicted octanol–water partition coefficient (Wildman–Crippen LogP) is 2.24. The molecule has 1 heterocycles. The second-order valence-electron chi connectivity index (χ2n) is 3.68. The summed E-state index contributed by atoms with van der Waals surface area (Å²) in [6, 6.07) is 6.75. The van der Waals surface area contributed by atoms with Crippen LogP contribution in [0.1, 0.15) is 11.4 Å². The van der Waals surface area contributed by atoms with Crippen molar-refractivity contribution in [2.45, 2.75) is 13.5 Å². The molecule has 0 aliphatic heterocycles. The van der Waals surface area contributed by atoms with E-state index in [1.807, 2.05) is 20.0 Å². The van der Waals surface area contributed by atoms with Crippen molar-refractivity contribution >= 4 is 0 Å². The molecule has 3 nitrogen and oxygen atoms in total. The summed E-state index contributed by atoms with van der Waals surface area (Å²) >= 11 is 0. The molecule has 0 aliphatic rings. The Kier molecular flexibility index (Phi) is 3.01. The van der Waals surface area contributed by atoms with E-state index in [1.54, 1.807) is 12.1 Å². The van der Waals surface area contributed by atoms with Gasteiger partial charge in [0, 0.05) is 23.4 Å². The minimum absolute atomic E-state index is 0.218. The third kappa shape index (κ3) is 1.84. The molecule has 1 aromatic carbocycles. The number of aryl methyl sites for hydroxylation is 1. The fourth-order valence-corrected chi connectivity index (χ4v) is 1.80. The number of aromatic amines is 1. The lowest BCUT2D eigenvalue weighted by atomic mass is 10.0. The van der Waals surface area contributed by atoms with Crippen molar-refractivity contribution in [3.8, 4) is 11.1 Å². The lowest BCUT2D eigenvalue weighted by Gasteiger charge is -2.04. The average molecular weight is 219 g/mol. The minimum atomic E-state index is -0.218. The number of halogens is 1. The Morgan fingerprint density at radius 3 is 2.81 bits per heavy atom. The van der Waals surface area contributed by atoms with Crippen molar-refractivity contribution in [2.24, 2.45) is 0 Å². The third-order valence-corrected chi connectivity index (χ3v) is 2.51. The number of aromatic nitrogens is 2. The van der Waals surface area contributed by atoms with Crippen molar-refractivity contribution < 1.29 is 4.39 Å². The standard InChI is InChI=1S/C12H14FN3/c1-8-12(11(7-14-2)16-15-8)9-5-3-4-6-10(9)13/h3-6,14H,7H2,1-2H3,(H,15,16). The molecule has 0 saturated carbocycles. The molecule has 0 bridgehead atoms. The van der Waals surface area contributed by atoms with E-state index in [1.165, 1.54) is 6.07 Å². The van der Waals surface area contributed by atoms with Gasteiger partial charge in [-0.25, -0.2) is 4.39 Å². The maximum absolute atomic E-state index is 13.7. The Balaban J connectivity index is 2.54. The van der Waals surface area contributed by atoms with Gasteiger partial charge in [-0.1, -0.05) is 18.2 Å². The van der Waals surface area contributed by atoms with Crippen LogP contribution in [-0.4, -0.2) is 17.2 Å². The molecule has 84 valence electrons. The number of hydrogen-bond acceptors (Lipinski definition) is 2. The van der Waals surface area contributed by atoms with Crippen molar-refractivity contribution in [2.75, 3.05) is 7.05 Å². The van der Waals surface area contributed by atoms with Gasteiger partial charge < -0.3 is 5.32 Å². The number of hydrogen-bond donors (Lipinski definition) is 2. The molecule has 1 aromatic heterocycles. The van der Waals surface area contributed by atoms with Gasteiger partial charge in [-0.05, 0) is 20.0 Å². The molecule has 0 unspecified atom stereocenters. The normalized spacial score (nSPS) is 10.7. The van der Waals surface area contributed by atoms with E-state index in [9.17, 15) is 4.39 Å². The zero-order valence-electron chi connectivity index (χ0n) is 9.34. The van der Waals surface area contributed by atoms with Crippen LogP contribution in [-0.2, 0) is 6.54 Å². The van der Waals surface area contributed by atoms with Gasteiger partial charge in [-0.3, -0.25) is 5.10 Å². The van der Waals surface area contributed by atoms with Gasteiger partial charge in [0.1, 0.15) is 5.82 Å². The van der Waals surface area contributed by atoms with Crippen LogP contribution in [0.25, 0.3) is 11.1 Å². The molecule has 0 aliphatic carbocycles. The number of benzene rings is 1. The van der Waals surface area contributed by atoms with E-state index in [4.69, 9.17) is 0 Å². The molecule has 0 radical (unpaired) electrons. The molecule has 0 saturated heterocycles. The van der Waals surface area contributed by atoms with Crippen LogP contribution in [0.2, 0.25) is 0 Å². The zero-order chi connectivity index (χ0) is 11.5. The Morgan fingerprint density at radius 2 is 2.12 bits per heavy atom. The monoisotopic (exact) mass is 219 g/mol. The average Bonchev–Trinajstić information content (AvgIpc) is 2.62. The van der Waals surface area contributed by atoms with Crippen molar-refractivity contribution in [3.63, 3.8) is 0 Å². The second-order valence-corrected chi connectivity index (χ2v) is 3.68. The fourth-order valence-electron chi connectivity index (χ4n) is 1.80. The van der Waals surface area contributed by atoms with E-state index in [-0.39, 0.29) is 5.82 Å². The smallest absolute Gasteiger partial charge is 0.131 e. The van der Waals surface area contributed by atoms with E-state index >= 15 is 0 Å². The highest BCUT2D eigenvalue weighted by Crippen LogP contribution is 2.27. The van der Waals surface area contributed by atoms with E-state index in [2.05, 4.69) is 15.5 Å². The second kappa shape index (κ2) is 4.45. The first-order valence-electron chi connectivity index (χ1n) is 5.17. The summed E-state index contributed by atoms with van der Waals surface area (Å²) in [7, 11) is 1.84. The molecule has 2 aromatic rings. The lowest BCUT2D eigenvalue weighted by molar-refractivity contribution is 0.631. The number of rotatable bonds is 3. The van der Waals surface area contributed by atoms with Crippen LogP contribution in [0.4, 0.5) is 4.39 Å². The third-order valence-electron chi connectivity index (χ3n) is 2.51. The Hall–Kier alpha value is -1.68. The van der Waals surface area contributed by atoms with E-state index < -0.39 is 0 Å². The number of nitrogens with zero attached hydrogens (tertiary/aromatic N) is 1. The summed E-state index contributed by atoms with van der Waals surface area (Å²) in [5.74, 6) is -0.218. The van der Waals surface area contributed by atoms with Crippen molar-refractivity contribution in [3.05, 3.63) is 41.5 Å². The maximum Gasteiger partial charge on any atom is 0.131 e. The van der Waals surface area contributed by atoms with Crippen LogP contribution in [0.5, 0.6) is 0 Å². The maximum atomic E-state index is 13.7. The van der Waals surface area contributed by atoms with Gasteiger partial charge in [-0.2, -0.15) is 5.10 Å². The fraction of sp³-hybridized carbons (Fsp3) is 0.250. The SMILES string of the molecule is CNCc1n[nH]c(C)c1-c1ccccc1F. The molecular weight excluding hydrogens is 205 g/mol. The van der Waals surface area contributed by atoms with Gasteiger partial charge in [0.25, 0.3) is 0 Å². The Morgan fingerprint density at radius 1 is 1.38 bits per heavy atom. The molecular formula is C12H14FN3. The quantitative estimate of drug-likeness (QED) is 0.831. The molecule has 0 atom stereocenters. The van der Waals surface area contributed by atoms with E-state index in [0.717, 1.165) is 17.0 Å². The summed E-state index contributed by atoms with van der Waals surface area (Å²) in [6.45, 7) is 2.52. The largest absolute Gasteiger partial charge is 0.314 e. The van der Waals surface area contributed by atoms with Crippen LogP contribution < -0.4 is 5.32 Å². The predicted molar refractivity (Wildman–Crippen MR) is 61.5 cm³/mol. The van der Waals surface area contributed by atoms with Gasteiger partial charge in [0.2, 0.25) is 0 Å². The Labute approximate surface area is 93.7 Å². The highest BCUT2D eigenvalue weighted by Gasteiger charge is 2.14.